The van der Waals surface area contributed by atoms with Crippen molar-refractivity contribution in [1.29, 1.82) is 0 Å². The second-order valence-corrected chi connectivity index (χ2v) is 4.55. The van der Waals surface area contributed by atoms with E-state index in [9.17, 15) is 4.79 Å². The molecule has 0 saturated heterocycles. The minimum atomic E-state index is -0.0789. The number of ether oxygens (including phenoxy) is 1. The highest BCUT2D eigenvalue weighted by atomic mass is 35.5. The van der Waals surface area contributed by atoms with Crippen molar-refractivity contribution in [2.75, 3.05) is 19.7 Å². The monoisotopic (exact) mass is 282 g/mol. The molecular weight excluding hydrogens is 264 g/mol. The van der Waals surface area contributed by atoms with E-state index in [1.165, 1.54) is 0 Å². The molecule has 1 aliphatic rings. The molecule has 4 nitrogen and oxygen atoms in total. The second kappa shape index (κ2) is 7.16. The van der Waals surface area contributed by atoms with E-state index in [1.807, 2.05) is 37.3 Å². The van der Waals surface area contributed by atoms with Crippen LogP contribution in [-0.2, 0) is 4.79 Å². The van der Waals surface area contributed by atoms with Crippen molar-refractivity contribution in [2.24, 2.45) is 11.7 Å². The van der Waals surface area contributed by atoms with Gasteiger partial charge in [-0.05, 0) is 24.6 Å². The molecule has 2 rings (SSSR count). The fraction of sp³-hybridized carbons (Fsp3) is 0.357. The van der Waals surface area contributed by atoms with Crippen LogP contribution in [0.15, 0.2) is 29.8 Å². The zero-order chi connectivity index (χ0) is 13.0. The minimum absolute atomic E-state index is 0. The summed E-state index contributed by atoms with van der Waals surface area (Å²) in [6, 6.07) is 7.68. The first-order valence-electron chi connectivity index (χ1n) is 6.11. The van der Waals surface area contributed by atoms with Crippen LogP contribution in [0.3, 0.4) is 0 Å². The highest BCUT2D eigenvalue weighted by Gasteiger charge is 2.16. The molecule has 0 aliphatic carbocycles. The predicted molar refractivity (Wildman–Crippen MR) is 78.4 cm³/mol. The van der Waals surface area contributed by atoms with Crippen LogP contribution in [0.2, 0.25) is 0 Å². The molecule has 1 heterocycles. The van der Waals surface area contributed by atoms with Gasteiger partial charge in [-0.3, -0.25) is 4.79 Å². The molecule has 1 atom stereocenters. The predicted octanol–water partition coefficient (Wildman–Crippen LogP) is 1.60. The van der Waals surface area contributed by atoms with Crippen molar-refractivity contribution in [3.63, 3.8) is 0 Å². The van der Waals surface area contributed by atoms with Crippen LogP contribution in [-0.4, -0.2) is 25.6 Å². The summed E-state index contributed by atoms with van der Waals surface area (Å²) in [5.41, 5.74) is 7.11. The van der Waals surface area contributed by atoms with Gasteiger partial charge in [0.2, 0.25) is 0 Å². The van der Waals surface area contributed by atoms with Gasteiger partial charge < -0.3 is 15.8 Å². The Kier molecular flexibility index (Phi) is 5.86. The average Bonchev–Trinajstić information content (AvgIpc) is 2.43. The fourth-order valence-corrected chi connectivity index (χ4v) is 1.71. The van der Waals surface area contributed by atoms with E-state index >= 15 is 0 Å². The lowest BCUT2D eigenvalue weighted by Gasteiger charge is -2.18. The standard InChI is InChI=1S/C14H18N2O2.ClH/c1-10(7-15)8-16-14(17)12-6-11-4-2-3-5-13(11)18-9-12;/h2-6,10H,7-9,15H2,1H3,(H,16,17);1H. The molecular formula is C14H19ClN2O2. The number of benzene rings is 1. The van der Waals surface area contributed by atoms with Crippen LogP contribution in [0.25, 0.3) is 6.08 Å². The fourth-order valence-electron chi connectivity index (χ4n) is 1.71. The zero-order valence-corrected chi connectivity index (χ0v) is 11.7. The molecule has 0 saturated carbocycles. The second-order valence-electron chi connectivity index (χ2n) is 4.55. The van der Waals surface area contributed by atoms with Crippen molar-refractivity contribution < 1.29 is 9.53 Å². The van der Waals surface area contributed by atoms with Gasteiger partial charge in [-0.1, -0.05) is 25.1 Å². The Balaban J connectivity index is 0.00000180. The molecule has 0 radical (unpaired) electrons. The third-order valence-corrected chi connectivity index (χ3v) is 2.94. The van der Waals surface area contributed by atoms with Gasteiger partial charge >= 0.3 is 0 Å². The Labute approximate surface area is 119 Å². The highest BCUT2D eigenvalue weighted by Crippen LogP contribution is 2.25. The van der Waals surface area contributed by atoms with Crippen molar-refractivity contribution in [2.45, 2.75) is 6.92 Å². The van der Waals surface area contributed by atoms with E-state index in [1.54, 1.807) is 0 Å². The van der Waals surface area contributed by atoms with Crippen molar-refractivity contribution in [1.82, 2.24) is 5.32 Å². The number of para-hydroxylation sites is 1. The van der Waals surface area contributed by atoms with E-state index in [4.69, 9.17) is 10.5 Å². The lowest BCUT2D eigenvalue weighted by atomic mass is 10.1. The third-order valence-electron chi connectivity index (χ3n) is 2.94. The highest BCUT2D eigenvalue weighted by molar-refractivity contribution is 5.99. The van der Waals surface area contributed by atoms with Gasteiger partial charge in [0.05, 0.1) is 5.57 Å². The topological polar surface area (TPSA) is 64.3 Å². The van der Waals surface area contributed by atoms with Gasteiger partial charge in [0.1, 0.15) is 12.4 Å². The number of halogens is 1. The maximum atomic E-state index is 11.9. The summed E-state index contributed by atoms with van der Waals surface area (Å²) in [6.07, 6.45) is 1.88. The summed E-state index contributed by atoms with van der Waals surface area (Å²) in [5, 5.41) is 2.87. The van der Waals surface area contributed by atoms with Crippen molar-refractivity contribution in [3.05, 3.63) is 35.4 Å². The Morgan fingerprint density at radius 1 is 1.47 bits per heavy atom. The largest absolute Gasteiger partial charge is 0.488 e. The molecule has 0 bridgehead atoms. The van der Waals surface area contributed by atoms with Gasteiger partial charge in [0.25, 0.3) is 5.91 Å². The lowest BCUT2D eigenvalue weighted by Crippen LogP contribution is -2.34. The molecule has 1 aromatic carbocycles. The molecule has 1 aromatic rings. The molecule has 1 unspecified atom stereocenters. The summed E-state index contributed by atoms with van der Waals surface area (Å²) in [6.45, 7) is 3.48. The van der Waals surface area contributed by atoms with Crippen LogP contribution < -0.4 is 15.8 Å². The maximum absolute atomic E-state index is 11.9. The number of rotatable bonds is 4. The van der Waals surface area contributed by atoms with Gasteiger partial charge in [-0.2, -0.15) is 0 Å². The first kappa shape index (κ1) is 15.5. The quantitative estimate of drug-likeness (QED) is 0.882. The Hall–Kier alpha value is -1.52. The van der Waals surface area contributed by atoms with Crippen LogP contribution in [0.4, 0.5) is 0 Å². The number of nitrogens with two attached hydrogens (primary N) is 1. The number of amides is 1. The van der Waals surface area contributed by atoms with Gasteiger partial charge in [-0.15, -0.1) is 12.4 Å². The molecule has 0 spiro atoms. The Bertz CT molecular complexity index is 474. The first-order chi connectivity index (χ1) is 8.70. The SMILES string of the molecule is CC(CN)CNC(=O)C1=Cc2ccccc2OC1.Cl. The Morgan fingerprint density at radius 3 is 2.95 bits per heavy atom. The van der Waals surface area contributed by atoms with E-state index in [0.29, 0.717) is 25.3 Å². The number of hydrogen-bond donors (Lipinski definition) is 2. The van der Waals surface area contributed by atoms with Crippen LogP contribution >= 0.6 is 12.4 Å². The van der Waals surface area contributed by atoms with E-state index in [2.05, 4.69) is 5.32 Å². The van der Waals surface area contributed by atoms with Gasteiger partial charge in [-0.25, -0.2) is 0 Å². The minimum Gasteiger partial charge on any atom is -0.488 e. The summed E-state index contributed by atoms with van der Waals surface area (Å²) in [7, 11) is 0. The average molecular weight is 283 g/mol. The van der Waals surface area contributed by atoms with Gasteiger partial charge in [0.15, 0.2) is 0 Å². The molecule has 19 heavy (non-hydrogen) atoms. The summed E-state index contributed by atoms with van der Waals surface area (Å²) in [5.74, 6) is 1.03. The summed E-state index contributed by atoms with van der Waals surface area (Å²) >= 11 is 0. The number of nitrogens with one attached hydrogen (secondary N) is 1. The lowest BCUT2D eigenvalue weighted by molar-refractivity contribution is -0.117. The van der Waals surface area contributed by atoms with Crippen molar-refractivity contribution in [3.8, 4) is 5.75 Å². The normalized spacial score (nSPS) is 14.3. The van der Waals surface area contributed by atoms with Crippen LogP contribution in [0, 0.1) is 5.92 Å². The molecule has 0 aromatic heterocycles. The zero-order valence-electron chi connectivity index (χ0n) is 10.9. The molecule has 3 N–H and O–H groups in total. The molecule has 104 valence electrons. The first-order valence-corrected chi connectivity index (χ1v) is 6.11. The van der Waals surface area contributed by atoms with E-state index < -0.39 is 0 Å². The third kappa shape index (κ3) is 3.98. The van der Waals surface area contributed by atoms with Crippen LogP contribution in [0.5, 0.6) is 5.75 Å². The van der Waals surface area contributed by atoms with E-state index in [-0.39, 0.29) is 24.2 Å². The van der Waals surface area contributed by atoms with E-state index in [0.717, 1.165) is 11.3 Å². The summed E-state index contributed by atoms with van der Waals surface area (Å²) in [4.78, 5) is 11.9. The number of carbonyl (C=O) groups excluding carboxylic acids is 1. The molecule has 1 aliphatic heterocycles. The molecule has 1 amide bonds. The van der Waals surface area contributed by atoms with Gasteiger partial charge in [0, 0.05) is 12.1 Å². The Morgan fingerprint density at radius 2 is 2.21 bits per heavy atom. The number of fused-ring (bicyclic) bond motifs is 1. The maximum Gasteiger partial charge on any atom is 0.250 e. The number of hydrogen-bond acceptors (Lipinski definition) is 3. The molecule has 0 fully saturated rings. The van der Waals surface area contributed by atoms with Crippen molar-refractivity contribution >= 4 is 24.4 Å². The summed E-state index contributed by atoms with van der Waals surface area (Å²) < 4.78 is 5.54. The van der Waals surface area contributed by atoms with Crippen LogP contribution in [0.1, 0.15) is 12.5 Å². The number of carbonyl (C=O) groups is 1. The smallest absolute Gasteiger partial charge is 0.250 e. The molecule has 5 heteroatoms.